The van der Waals surface area contributed by atoms with Crippen LogP contribution in [0.25, 0.3) is 0 Å². The lowest BCUT2D eigenvalue weighted by Crippen LogP contribution is -2.68. The molecule has 0 spiro atoms. The highest BCUT2D eigenvalue weighted by Crippen LogP contribution is 2.75. The maximum atomic E-state index is 14.7. The Morgan fingerprint density at radius 1 is 0.935 bits per heavy atom. The molecule has 0 saturated heterocycles. The van der Waals surface area contributed by atoms with Crippen LogP contribution in [0, 0.1) is 50.2 Å². The Hall–Kier alpha value is -2.47. The predicted octanol–water partition coefficient (Wildman–Crippen LogP) is 7.54. The summed E-state index contributed by atoms with van der Waals surface area (Å²) in [5.74, 6) is 0.526. The first-order chi connectivity index (χ1) is 21.4. The molecule has 5 aliphatic rings. The molecule has 0 heterocycles. The first-order valence-electron chi connectivity index (χ1n) is 17.9. The Kier molecular flexibility index (Phi) is 8.02. The first kappa shape index (κ1) is 33.4. The molecule has 6 nitrogen and oxygen atoms in total. The van der Waals surface area contributed by atoms with Crippen LogP contribution >= 0.6 is 0 Å². The molecule has 6 heteroatoms. The average molecular weight is 631 g/mol. The monoisotopic (exact) mass is 630 g/mol. The lowest BCUT2D eigenvalue weighted by atomic mass is 9.33. The van der Waals surface area contributed by atoms with Gasteiger partial charge in [0.15, 0.2) is 5.78 Å². The minimum absolute atomic E-state index is 0.0470. The molecule has 10 atom stereocenters. The number of hydrogen-bond acceptors (Lipinski definition) is 5. The molecule has 4 saturated carbocycles. The van der Waals surface area contributed by atoms with Crippen molar-refractivity contribution in [2.75, 3.05) is 0 Å². The molecule has 1 aromatic carbocycles. The highest BCUT2D eigenvalue weighted by molar-refractivity contribution is 5.95. The molecule has 0 aliphatic heterocycles. The van der Waals surface area contributed by atoms with E-state index in [1.807, 2.05) is 30.3 Å². The van der Waals surface area contributed by atoms with E-state index >= 15 is 0 Å². The van der Waals surface area contributed by atoms with Gasteiger partial charge in [-0.25, -0.2) is 0 Å². The van der Waals surface area contributed by atoms with Gasteiger partial charge in [-0.2, -0.15) is 0 Å². The molecule has 5 aliphatic carbocycles. The number of carbonyl (C=O) groups is 3. The van der Waals surface area contributed by atoms with Gasteiger partial charge in [0, 0.05) is 12.0 Å². The number of benzene rings is 1. The first-order valence-corrected chi connectivity index (χ1v) is 17.9. The summed E-state index contributed by atoms with van der Waals surface area (Å²) in [7, 11) is 0. The molecule has 0 radical (unpaired) electrons. The van der Waals surface area contributed by atoms with Crippen LogP contribution in [-0.2, 0) is 25.7 Å². The van der Waals surface area contributed by atoms with Crippen molar-refractivity contribution in [2.45, 2.75) is 132 Å². The lowest BCUT2D eigenvalue weighted by Gasteiger charge is -2.70. The highest BCUT2D eigenvalue weighted by atomic mass is 16.5. The summed E-state index contributed by atoms with van der Waals surface area (Å²) in [6.45, 7) is 18.4. The van der Waals surface area contributed by atoms with Gasteiger partial charge in [-0.05, 0) is 122 Å². The van der Waals surface area contributed by atoms with Crippen molar-refractivity contribution in [3.8, 4) is 0 Å². The minimum atomic E-state index is -0.573. The van der Waals surface area contributed by atoms with Gasteiger partial charge in [0.2, 0.25) is 5.91 Å². The Labute approximate surface area is 277 Å². The van der Waals surface area contributed by atoms with Gasteiger partial charge in [-0.1, -0.05) is 77.4 Å². The standard InChI is InChI=1S/C40H58N2O4/c1-25(41)33(44)42-31-15-16-38(6)30(35(31,2)3)14-17-40(8)32(38)29(43)22-27-28-23-37(5,19-18-36(28,4)20-21-39(27,40)7)34(45)46-24-26-12-10-9-11-13-26/h9-13,22,25,28,30-32H,14-21,23-24,41H2,1-8H3,(H,42,44)/t25-,28-,30-,31-,32+,36+,37-,38-,39+,40+/m0/s1. The number of hydrogen-bond donors (Lipinski definition) is 2. The number of amides is 1. The quantitative estimate of drug-likeness (QED) is 0.328. The van der Waals surface area contributed by atoms with Gasteiger partial charge in [0.25, 0.3) is 0 Å². The fraction of sp³-hybridized carbons (Fsp3) is 0.725. The van der Waals surface area contributed by atoms with Crippen LogP contribution in [0.2, 0.25) is 0 Å². The smallest absolute Gasteiger partial charge is 0.312 e. The third kappa shape index (κ3) is 4.86. The van der Waals surface area contributed by atoms with Crippen molar-refractivity contribution in [3.05, 3.63) is 47.5 Å². The van der Waals surface area contributed by atoms with E-state index in [-0.39, 0.29) is 56.8 Å². The maximum Gasteiger partial charge on any atom is 0.312 e. The third-order valence-corrected chi connectivity index (χ3v) is 15.0. The van der Waals surface area contributed by atoms with E-state index in [4.69, 9.17) is 10.5 Å². The number of nitrogens with two attached hydrogens (primary N) is 1. The zero-order valence-electron chi connectivity index (χ0n) is 29.6. The number of ketones is 1. The van der Waals surface area contributed by atoms with E-state index in [9.17, 15) is 14.4 Å². The molecule has 4 fully saturated rings. The molecule has 3 N–H and O–H groups in total. The molecule has 0 bridgehead atoms. The zero-order valence-corrected chi connectivity index (χ0v) is 29.6. The van der Waals surface area contributed by atoms with Gasteiger partial charge in [-0.15, -0.1) is 0 Å². The van der Waals surface area contributed by atoms with Crippen LogP contribution in [0.3, 0.4) is 0 Å². The van der Waals surface area contributed by atoms with Crippen molar-refractivity contribution in [1.82, 2.24) is 5.32 Å². The minimum Gasteiger partial charge on any atom is -0.460 e. The summed E-state index contributed by atoms with van der Waals surface area (Å²) < 4.78 is 5.95. The van der Waals surface area contributed by atoms with Gasteiger partial charge >= 0.3 is 5.97 Å². The van der Waals surface area contributed by atoms with Crippen molar-refractivity contribution >= 4 is 17.7 Å². The summed E-state index contributed by atoms with van der Waals surface area (Å²) in [5, 5.41) is 3.28. The molecule has 46 heavy (non-hydrogen) atoms. The van der Waals surface area contributed by atoms with Crippen molar-refractivity contribution in [3.63, 3.8) is 0 Å². The lowest BCUT2D eigenvalue weighted by molar-refractivity contribution is -0.190. The van der Waals surface area contributed by atoms with E-state index in [0.29, 0.717) is 18.3 Å². The SMILES string of the molecule is C[C@H](N)C(=O)N[C@H]1CC[C@]2(C)[C@H]3C(=O)C=C4[C@@H]5C[C@@](C)(C(=O)OCc6ccccc6)CC[C@]5(C)CC[C@@]4(C)[C@]3(C)CC[C@H]2C1(C)C. The summed E-state index contributed by atoms with van der Waals surface area (Å²) in [4.78, 5) is 41.1. The summed E-state index contributed by atoms with van der Waals surface area (Å²) in [6.07, 6.45) is 10.6. The van der Waals surface area contributed by atoms with Gasteiger partial charge < -0.3 is 15.8 Å². The number of carbonyl (C=O) groups excluding carboxylic acids is 3. The van der Waals surface area contributed by atoms with E-state index in [1.165, 1.54) is 5.57 Å². The summed E-state index contributed by atoms with van der Waals surface area (Å²) >= 11 is 0. The van der Waals surface area contributed by atoms with Crippen LogP contribution in [0.1, 0.15) is 119 Å². The number of nitrogens with one attached hydrogen (secondary N) is 1. The Balaban J connectivity index is 1.30. The Morgan fingerprint density at radius 2 is 1.61 bits per heavy atom. The normalized spacial score (nSPS) is 43.5. The van der Waals surface area contributed by atoms with Crippen LogP contribution in [-0.4, -0.2) is 29.7 Å². The number of esters is 1. The van der Waals surface area contributed by atoms with E-state index < -0.39 is 11.5 Å². The summed E-state index contributed by atoms with van der Waals surface area (Å²) in [6, 6.07) is 9.42. The van der Waals surface area contributed by atoms with Gasteiger partial charge in [0.05, 0.1) is 11.5 Å². The van der Waals surface area contributed by atoms with Crippen molar-refractivity contribution in [2.24, 2.45) is 56.0 Å². The zero-order chi connectivity index (χ0) is 33.5. The highest BCUT2D eigenvalue weighted by Gasteiger charge is 2.70. The Bertz CT molecular complexity index is 1430. The fourth-order valence-corrected chi connectivity index (χ4v) is 11.8. The van der Waals surface area contributed by atoms with Crippen LogP contribution in [0.4, 0.5) is 0 Å². The molecular formula is C40H58N2O4. The largest absolute Gasteiger partial charge is 0.460 e. The maximum absolute atomic E-state index is 14.7. The summed E-state index contributed by atoms with van der Waals surface area (Å²) in [5.41, 5.74) is 7.17. The van der Waals surface area contributed by atoms with Crippen LogP contribution in [0.15, 0.2) is 42.0 Å². The fourth-order valence-electron chi connectivity index (χ4n) is 11.8. The second kappa shape index (κ2) is 11.0. The molecule has 1 amide bonds. The van der Waals surface area contributed by atoms with Gasteiger partial charge in [0.1, 0.15) is 6.61 Å². The second-order valence-electron chi connectivity index (χ2n) is 18.0. The average Bonchev–Trinajstić information content (AvgIpc) is 2.99. The van der Waals surface area contributed by atoms with E-state index in [0.717, 1.165) is 63.4 Å². The Morgan fingerprint density at radius 3 is 2.28 bits per heavy atom. The second-order valence-corrected chi connectivity index (χ2v) is 18.0. The topological polar surface area (TPSA) is 98.5 Å². The molecule has 252 valence electrons. The third-order valence-electron chi connectivity index (χ3n) is 15.0. The molecule has 1 aromatic rings. The van der Waals surface area contributed by atoms with Crippen LogP contribution in [0.5, 0.6) is 0 Å². The molecule has 0 unspecified atom stereocenters. The molecular weight excluding hydrogens is 572 g/mol. The van der Waals surface area contributed by atoms with E-state index in [1.54, 1.807) is 6.92 Å². The molecule has 6 rings (SSSR count). The number of fused-ring (bicyclic) bond motifs is 7. The number of ether oxygens (including phenoxy) is 1. The number of allylic oxidation sites excluding steroid dienone is 2. The van der Waals surface area contributed by atoms with Crippen LogP contribution < -0.4 is 11.1 Å². The molecule has 0 aromatic heterocycles. The van der Waals surface area contributed by atoms with E-state index in [2.05, 4.69) is 59.9 Å². The van der Waals surface area contributed by atoms with Crippen molar-refractivity contribution < 1.29 is 19.1 Å². The predicted molar refractivity (Wildman–Crippen MR) is 181 cm³/mol. The van der Waals surface area contributed by atoms with Crippen molar-refractivity contribution in [1.29, 1.82) is 0 Å². The number of rotatable bonds is 5. The van der Waals surface area contributed by atoms with Gasteiger partial charge in [-0.3, -0.25) is 14.4 Å².